The summed E-state index contributed by atoms with van der Waals surface area (Å²) >= 11 is 0. The fourth-order valence-corrected chi connectivity index (χ4v) is 3.09. The van der Waals surface area contributed by atoms with Crippen LogP contribution in [0.3, 0.4) is 0 Å². The molecule has 2 aromatic carbocycles. The maximum Gasteiger partial charge on any atom is 0.123 e. The van der Waals surface area contributed by atoms with Crippen molar-refractivity contribution < 1.29 is 9.13 Å². The second-order valence-corrected chi connectivity index (χ2v) is 5.50. The third kappa shape index (κ3) is 3.08. The monoisotopic (exact) mass is 285 g/mol. The molecule has 2 atom stereocenters. The number of fused-ring (bicyclic) bond motifs is 1. The summed E-state index contributed by atoms with van der Waals surface area (Å²) in [6.07, 6.45) is 1.95. The number of hydrogen-bond acceptors (Lipinski definition) is 2. The number of hydrogen-bond donors (Lipinski definition) is 1. The Bertz CT molecular complexity index is 614. The first-order valence-corrected chi connectivity index (χ1v) is 7.42. The minimum Gasteiger partial charge on any atom is -0.493 e. The molecule has 0 aliphatic carbocycles. The van der Waals surface area contributed by atoms with Gasteiger partial charge in [0.15, 0.2) is 0 Å². The van der Waals surface area contributed by atoms with E-state index in [2.05, 4.69) is 17.4 Å². The van der Waals surface area contributed by atoms with Crippen LogP contribution in [0.1, 0.15) is 35.9 Å². The van der Waals surface area contributed by atoms with Crippen LogP contribution in [0.15, 0.2) is 48.5 Å². The fourth-order valence-electron chi connectivity index (χ4n) is 3.09. The first-order chi connectivity index (χ1) is 10.3. The number of benzene rings is 2. The van der Waals surface area contributed by atoms with Gasteiger partial charge in [0, 0.05) is 6.04 Å². The van der Waals surface area contributed by atoms with E-state index in [0.29, 0.717) is 5.92 Å². The average molecular weight is 285 g/mol. The highest BCUT2D eigenvalue weighted by Crippen LogP contribution is 2.38. The molecule has 0 saturated carbocycles. The average Bonchev–Trinajstić information content (AvgIpc) is 2.52. The molecule has 2 nitrogen and oxygen atoms in total. The summed E-state index contributed by atoms with van der Waals surface area (Å²) in [4.78, 5) is 0. The molecule has 0 spiro atoms. The lowest BCUT2D eigenvalue weighted by Gasteiger charge is -2.29. The Morgan fingerprint density at radius 1 is 1.24 bits per heavy atom. The third-order valence-electron chi connectivity index (χ3n) is 4.20. The lowest BCUT2D eigenvalue weighted by Crippen LogP contribution is -2.22. The molecule has 2 aromatic rings. The predicted molar refractivity (Wildman–Crippen MR) is 82.1 cm³/mol. The fraction of sp³-hybridized carbons (Fsp3) is 0.333. The lowest BCUT2D eigenvalue weighted by atomic mass is 9.85. The second-order valence-electron chi connectivity index (χ2n) is 5.50. The van der Waals surface area contributed by atoms with Gasteiger partial charge in [0.2, 0.25) is 0 Å². The number of rotatable bonds is 4. The van der Waals surface area contributed by atoms with E-state index in [0.717, 1.165) is 30.8 Å². The number of ether oxygens (including phenoxy) is 1. The van der Waals surface area contributed by atoms with Crippen LogP contribution < -0.4 is 10.1 Å². The second kappa shape index (κ2) is 6.27. The molecule has 1 aliphatic rings. The molecule has 3 rings (SSSR count). The van der Waals surface area contributed by atoms with Crippen LogP contribution in [0.25, 0.3) is 0 Å². The van der Waals surface area contributed by atoms with Crippen LogP contribution in [-0.2, 0) is 0 Å². The highest BCUT2D eigenvalue weighted by molar-refractivity contribution is 5.38. The van der Waals surface area contributed by atoms with Crippen LogP contribution in [0.4, 0.5) is 4.39 Å². The van der Waals surface area contributed by atoms with E-state index < -0.39 is 0 Å². The van der Waals surface area contributed by atoms with E-state index in [1.54, 1.807) is 12.1 Å². The van der Waals surface area contributed by atoms with Crippen molar-refractivity contribution in [3.8, 4) is 5.75 Å². The molecule has 0 saturated heterocycles. The van der Waals surface area contributed by atoms with Gasteiger partial charge in [0.1, 0.15) is 11.6 Å². The van der Waals surface area contributed by atoms with Crippen molar-refractivity contribution in [2.75, 3.05) is 13.7 Å². The number of nitrogens with one attached hydrogen (secondary N) is 1. The summed E-state index contributed by atoms with van der Waals surface area (Å²) in [7, 11) is 1.93. The van der Waals surface area contributed by atoms with Gasteiger partial charge < -0.3 is 10.1 Å². The Labute approximate surface area is 125 Å². The van der Waals surface area contributed by atoms with Crippen molar-refractivity contribution in [3.05, 3.63) is 65.5 Å². The zero-order chi connectivity index (χ0) is 14.7. The third-order valence-corrected chi connectivity index (χ3v) is 4.20. The molecule has 0 amide bonds. The Morgan fingerprint density at radius 3 is 2.90 bits per heavy atom. The van der Waals surface area contributed by atoms with Crippen molar-refractivity contribution in [2.45, 2.75) is 24.8 Å². The Kier molecular flexibility index (Phi) is 4.20. The lowest BCUT2D eigenvalue weighted by molar-refractivity contribution is 0.256. The highest BCUT2D eigenvalue weighted by Gasteiger charge is 2.24. The summed E-state index contributed by atoms with van der Waals surface area (Å²) in [6, 6.07) is 15.2. The normalized spacial score (nSPS) is 18.7. The molecule has 0 radical (unpaired) electrons. The quantitative estimate of drug-likeness (QED) is 0.915. The van der Waals surface area contributed by atoms with E-state index in [1.807, 2.05) is 25.2 Å². The smallest absolute Gasteiger partial charge is 0.123 e. The van der Waals surface area contributed by atoms with E-state index in [1.165, 1.54) is 11.6 Å². The first-order valence-electron chi connectivity index (χ1n) is 7.42. The summed E-state index contributed by atoms with van der Waals surface area (Å²) in [5.74, 6) is 1.25. The molecule has 2 unspecified atom stereocenters. The topological polar surface area (TPSA) is 21.3 Å². The summed E-state index contributed by atoms with van der Waals surface area (Å²) in [6.45, 7) is 0.751. The Balaban J connectivity index is 1.82. The maximum atomic E-state index is 13.4. The van der Waals surface area contributed by atoms with Crippen LogP contribution in [0.5, 0.6) is 5.75 Å². The van der Waals surface area contributed by atoms with Crippen LogP contribution in [-0.4, -0.2) is 13.7 Å². The van der Waals surface area contributed by atoms with Crippen molar-refractivity contribution >= 4 is 0 Å². The SMILES string of the molecule is CNC(CC1CCOc2ccccc21)c1cccc(F)c1. The standard InChI is InChI=1S/C18H20FNO/c1-20-17(14-5-4-6-15(19)11-14)12-13-9-10-21-18-8-3-2-7-16(13)18/h2-8,11,13,17,20H,9-10,12H2,1H3. The van der Waals surface area contributed by atoms with Gasteiger partial charge in [0.05, 0.1) is 6.61 Å². The summed E-state index contributed by atoms with van der Waals surface area (Å²) < 4.78 is 19.1. The molecule has 0 fully saturated rings. The van der Waals surface area contributed by atoms with Gasteiger partial charge in [-0.1, -0.05) is 30.3 Å². The molecule has 3 heteroatoms. The minimum atomic E-state index is -0.180. The molecule has 1 aliphatic heterocycles. The molecule has 110 valence electrons. The Hall–Kier alpha value is -1.87. The summed E-state index contributed by atoms with van der Waals surface area (Å²) in [5.41, 5.74) is 2.27. The minimum absolute atomic E-state index is 0.150. The maximum absolute atomic E-state index is 13.4. The van der Waals surface area contributed by atoms with Crippen molar-refractivity contribution in [1.82, 2.24) is 5.32 Å². The molecular weight excluding hydrogens is 265 g/mol. The molecule has 21 heavy (non-hydrogen) atoms. The van der Waals surface area contributed by atoms with Gasteiger partial charge in [-0.05, 0) is 55.1 Å². The molecule has 0 aromatic heterocycles. The van der Waals surface area contributed by atoms with Gasteiger partial charge in [-0.2, -0.15) is 0 Å². The van der Waals surface area contributed by atoms with Gasteiger partial charge in [-0.3, -0.25) is 0 Å². The van der Waals surface area contributed by atoms with Crippen molar-refractivity contribution in [2.24, 2.45) is 0 Å². The van der Waals surface area contributed by atoms with Crippen LogP contribution in [0, 0.1) is 5.82 Å². The van der Waals surface area contributed by atoms with E-state index in [9.17, 15) is 4.39 Å². The molecular formula is C18H20FNO. The largest absolute Gasteiger partial charge is 0.493 e. The van der Waals surface area contributed by atoms with Crippen LogP contribution >= 0.6 is 0 Å². The number of halogens is 1. The zero-order valence-electron chi connectivity index (χ0n) is 12.2. The zero-order valence-corrected chi connectivity index (χ0v) is 12.2. The van der Waals surface area contributed by atoms with Gasteiger partial charge >= 0.3 is 0 Å². The van der Waals surface area contributed by atoms with Gasteiger partial charge in [0.25, 0.3) is 0 Å². The first kappa shape index (κ1) is 14.1. The number of para-hydroxylation sites is 1. The van der Waals surface area contributed by atoms with Crippen molar-refractivity contribution in [3.63, 3.8) is 0 Å². The molecule has 1 heterocycles. The summed E-state index contributed by atoms with van der Waals surface area (Å²) in [5, 5.41) is 3.32. The van der Waals surface area contributed by atoms with Gasteiger partial charge in [-0.15, -0.1) is 0 Å². The van der Waals surface area contributed by atoms with E-state index >= 15 is 0 Å². The Morgan fingerprint density at radius 2 is 2.10 bits per heavy atom. The highest BCUT2D eigenvalue weighted by atomic mass is 19.1. The van der Waals surface area contributed by atoms with Crippen LogP contribution in [0.2, 0.25) is 0 Å². The van der Waals surface area contributed by atoms with Gasteiger partial charge in [-0.25, -0.2) is 4.39 Å². The van der Waals surface area contributed by atoms with E-state index in [4.69, 9.17) is 4.74 Å². The van der Waals surface area contributed by atoms with E-state index in [-0.39, 0.29) is 11.9 Å². The molecule has 0 bridgehead atoms. The molecule has 1 N–H and O–H groups in total. The van der Waals surface area contributed by atoms with Crippen molar-refractivity contribution in [1.29, 1.82) is 0 Å². The predicted octanol–water partition coefficient (Wildman–Crippen LogP) is 4.04.